The van der Waals surface area contributed by atoms with Gasteiger partial charge in [-0.3, -0.25) is 0 Å². The Kier molecular flexibility index (Phi) is 3.00. The number of hydrogen-bond acceptors (Lipinski definition) is 4. The van der Waals surface area contributed by atoms with Gasteiger partial charge >= 0.3 is 0 Å². The van der Waals surface area contributed by atoms with Crippen LogP contribution in [0.5, 0.6) is 0 Å². The van der Waals surface area contributed by atoms with Crippen LogP contribution in [0.1, 0.15) is 32.1 Å². The molecular weight excluding hydrogens is 188 g/mol. The average Bonchev–Trinajstić information content (AvgIpc) is 2.59. The summed E-state index contributed by atoms with van der Waals surface area (Å²) >= 11 is 3.48. The van der Waals surface area contributed by atoms with Crippen molar-refractivity contribution >= 4 is 23.3 Å². The smallest absolute Gasteiger partial charge is 0.101 e. The van der Waals surface area contributed by atoms with Crippen molar-refractivity contribution in [2.24, 2.45) is 0 Å². The Morgan fingerprint density at radius 2 is 2.17 bits per heavy atom. The van der Waals surface area contributed by atoms with Crippen molar-refractivity contribution in [3.63, 3.8) is 0 Å². The Bertz CT molecular complexity index is 217. The topological polar surface area (TPSA) is 25.8 Å². The highest BCUT2D eigenvalue weighted by molar-refractivity contribution is 8.01. The van der Waals surface area contributed by atoms with E-state index in [1.54, 1.807) is 0 Å². The fourth-order valence-corrected chi connectivity index (χ4v) is 3.51. The molecule has 0 N–H and O–H groups in total. The number of rotatable bonds is 2. The minimum atomic E-state index is 0.834. The van der Waals surface area contributed by atoms with Crippen LogP contribution < -0.4 is 0 Å². The molecule has 0 amide bonds. The Morgan fingerprint density at radius 3 is 2.83 bits per heavy atom. The van der Waals surface area contributed by atoms with Gasteiger partial charge in [-0.05, 0) is 24.4 Å². The Morgan fingerprint density at radius 1 is 1.33 bits per heavy atom. The molecule has 1 aromatic heterocycles. The molecule has 1 aliphatic carbocycles. The highest BCUT2D eigenvalue weighted by Gasteiger charge is 2.15. The van der Waals surface area contributed by atoms with Gasteiger partial charge in [-0.15, -0.1) is 16.9 Å². The maximum atomic E-state index is 3.86. The van der Waals surface area contributed by atoms with Crippen LogP contribution in [0.3, 0.4) is 0 Å². The number of thioether (sulfide) groups is 1. The van der Waals surface area contributed by atoms with E-state index in [4.69, 9.17) is 0 Å². The maximum Gasteiger partial charge on any atom is 0.101 e. The molecule has 1 heterocycles. The summed E-state index contributed by atoms with van der Waals surface area (Å²) in [5, 5.41) is 4.67. The third-order valence-corrected chi connectivity index (χ3v) is 4.29. The van der Waals surface area contributed by atoms with Crippen molar-refractivity contribution in [3.05, 3.63) is 6.20 Å². The monoisotopic (exact) mass is 200 g/mol. The van der Waals surface area contributed by atoms with Crippen LogP contribution in [0.25, 0.3) is 0 Å². The molecule has 0 aliphatic heterocycles. The minimum Gasteiger partial charge on any atom is -0.145 e. The summed E-state index contributed by atoms with van der Waals surface area (Å²) in [7, 11) is 0. The van der Waals surface area contributed by atoms with Gasteiger partial charge in [0, 0.05) is 5.25 Å². The Balaban J connectivity index is 1.86. The van der Waals surface area contributed by atoms with Gasteiger partial charge in [-0.2, -0.15) is 0 Å². The SMILES string of the molecule is c1nnsc1SC1CCCCC1. The summed E-state index contributed by atoms with van der Waals surface area (Å²) in [6.07, 6.45) is 8.88. The third kappa shape index (κ3) is 2.20. The summed E-state index contributed by atoms with van der Waals surface area (Å²) in [5.41, 5.74) is 0. The molecule has 0 aromatic carbocycles. The zero-order chi connectivity index (χ0) is 8.23. The van der Waals surface area contributed by atoms with E-state index in [0.29, 0.717) is 0 Å². The minimum absolute atomic E-state index is 0.834. The predicted octanol–water partition coefficient (Wildman–Crippen LogP) is 2.96. The first-order chi connectivity index (χ1) is 5.95. The van der Waals surface area contributed by atoms with Gasteiger partial charge in [-0.25, -0.2) is 0 Å². The summed E-state index contributed by atoms with van der Waals surface area (Å²) in [6.45, 7) is 0. The highest BCUT2D eigenvalue weighted by atomic mass is 32.2. The van der Waals surface area contributed by atoms with E-state index in [-0.39, 0.29) is 0 Å². The van der Waals surface area contributed by atoms with Crippen molar-refractivity contribution in [2.75, 3.05) is 0 Å². The van der Waals surface area contributed by atoms with Crippen LogP contribution in [0.15, 0.2) is 10.4 Å². The van der Waals surface area contributed by atoms with Gasteiger partial charge in [0.05, 0.1) is 6.20 Å². The summed E-state index contributed by atoms with van der Waals surface area (Å²) in [4.78, 5) is 0. The number of hydrogen-bond donors (Lipinski definition) is 0. The molecule has 1 saturated carbocycles. The van der Waals surface area contributed by atoms with Crippen molar-refractivity contribution in [3.8, 4) is 0 Å². The lowest BCUT2D eigenvalue weighted by atomic mass is 10.0. The maximum absolute atomic E-state index is 3.86. The highest BCUT2D eigenvalue weighted by Crippen LogP contribution is 2.34. The van der Waals surface area contributed by atoms with Gasteiger partial charge in [0.25, 0.3) is 0 Å². The first kappa shape index (κ1) is 8.51. The normalized spacial score (nSPS) is 19.7. The van der Waals surface area contributed by atoms with E-state index in [0.717, 1.165) is 5.25 Å². The van der Waals surface area contributed by atoms with Crippen molar-refractivity contribution < 1.29 is 0 Å². The van der Waals surface area contributed by atoms with Gasteiger partial charge < -0.3 is 0 Å². The molecule has 1 fully saturated rings. The lowest BCUT2D eigenvalue weighted by Crippen LogP contribution is -2.06. The standard InChI is InChI=1S/C8H12N2S2/c1-2-4-7(5-3-1)11-8-6-9-10-12-8/h6-7H,1-5H2. The largest absolute Gasteiger partial charge is 0.145 e. The molecule has 0 radical (unpaired) electrons. The van der Waals surface area contributed by atoms with E-state index in [9.17, 15) is 0 Å². The first-order valence-corrected chi connectivity index (χ1v) is 6.04. The van der Waals surface area contributed by atoms with Crippen LogP contribution in [0.2, 0.25) is 0 Å². The molecule has 0 unspecified atom stereocenters. The second-order valence-corrected chi connectivity index (χ2v) is 5.50. The lowest BCUT2D eigenvalue weighted by molar-refractivity contribution is 0.516. The lowest BCUT2D eigenvalue weighted by Gasteiger charge is -2.19. The summed E-state index contributed by atoms with van der Waals surface area (Å²) in [5.74, 6) is 0. The van der Waals surface area contributed by atoms with E-state index < -0.39 is 0 Å². The third-order valence-electron chi connectivity index (χ3n) is 2.18. The Labute approximate surface area is 80.9 Å². The van der Waals surface area contributed by atoms with E-state index >= 15 is 0 Å². The van der Waals surface area contributed by atoms with Gasteiger partial charge in [0.15, 0.2) is 0 Å². The fraction of sp³-hybridized carbons (Fsp3) is 0.750. The molecule has 1 aliphatic rings. The van der Waals surface area contributed by atoms with Crippen molar-refractivity contribution in [1.82, 2.24) is 9.59 Å². The molecular formula is C8H12N2S2. The van der Waals surface area contributed by atoms with Gasteiger partial charge in [-0.1, -0.05) is 23.8 Å². The van der Waals surface area contributed by atoms with Crippen LogP contribution in [-0.2, 0) is 0 Å². The van der Waals surface area contributed by atoms with Crippen molar-refractivity contribution in [1.29, 1.82) is 0 Å². The molecule has 2 nitrogen and oxygen atoms in total. The molecule has 2 rings (SSSR count). The second-order valence-electron chi connectivity index (χ2n) is 3.11. The zero-order valence-electron chi connectivity index (χ0n) is 6.90. The fourth-order valence-electron chi connectivity index (χ4n) is 1.56. The Hall–Kier alpha value is -0.0900. The number of nitrogens with zero attached hydrogens (tertiary/aromatic N) is 2. The molecule has 4 heteroatoms. The van der Waals surface area contributed by atoms with Crippen LogP contribution in [0, 0.1) is 0 Å². The molecule has 0 spiro atoms. The zero-order valence-corrected chi connectivity index (χ0v) is 8.53. The van der Waals surface area contributed by atoms with E-state index in [1.165, 1.54) is 47.8 Å². The summed E-state index contributed by atoms with van der Waals surface area (Å²) in [6, 6.07) is 0. The predicted molar refractivity (Wildman–Crippen MR) is 52.6 cm³/mol. The molecule has 12 heavy (non-hydrogen) atoms. The van der Waals surface area contributed by atoms with Gasteiger partial charge in [0.2, 0.25) is 0 Å². The molecule has 1 aromatic rings. The van der Waals surface area contributed by atoms with E-state index in [2.05, 4.69) is 9.59 Å². The van der Waals surface area contributed by atoms with Crippen LogP contribution >= 0.6 is 23.3 Å². The molecule has 0 bridgehead atoms. The summed E-state index contributed by atoms with van der Waals surface area (Å²) < 4.78 is 5.14. The quantitative estimate of drug-likeness (QED) is 0.734. The second kappa shape index (κ2) is 4.23. The molecule has 0 saturated heterocycles. The van der Waals surface area contributed by atoms with Crippen LogP contribution in [0.4, 0.5) is 0 Å². The van der Waals surface area contributed by atoms with E-state index in [1.807, 2.05) is 18.0 Å². The van der Waals surface area contributed by atoms with Crippen LogP contribution in [-0.4, -0.2) is 14.8 Å². The molecule has 0 atom stereocenters. The first-order valence-electron chi connectivity index (χ1n) is 4.39. The average molecular weight is 200 g/mol. The molecule has 66 valence electrons. The number of aromatic nitrogens is 2. The van der Waals surface area contributed by atoms with Crippen molar-refractivity contribution in [2.45, 2.75) is 41.6 Å². The van der Waals surface area contributed by atoms with Gasteiger partial charge in [0.1, 0.15) is 4.21 Å².